The molecule has 7 rings (SSSR count). The molecule has 9 heteroatoms. The molecular formula is C30H30FN7O. The number of ether oxygens (including phenoxy) is 1. The summed E-state index contributed by atoms with van der Waals surface area (Å²) in [6.07, 6.45) is 9.30. The topological polar surface area (TPSA) is 94.8 Å². The van der Waals surface area contributed by atoms with Gasteiger partial charge in [0.15, 0.2) is 5.65 Å². The van der Waals surface area contributed by atoms with E-state index < -0.39 is 0 Å². The number of benzene rings is 1. The first-order valence-electron chi connectivity index (χ1n) is 13.6. The number of likely N-dealkylation sites (tertiary alicyclic amines) is 1. The van der Waals surface area contributed by atoms with Gasteiger partial charge in [-0.1, -0.05) is 6.08 Å². The van der Waals surface area contributed by atoms with E-state index >= 15 is 0 Å². The van der Waals surface area contributed by atoms with Crippen LogP contribution in [0.3, 0.4) is 0 Å². The molecular weight excluding hydrogens is 493 g/mol. The van der Waals surface area contributed by atoms with E-state index in [1.54, 1.807) is 6.20 Å². The van der Waals surface area contributed by atoms with E-state index in [4.69, 9.17) is 4.74 Å². The van der Waals surface area contributed by atoms with E-state index in [9.17, 15) is 4.39 Å². The lowest BCUT2D eigenvalue weighted by Crippen LogP contribution is -2.25. The molecule has 8 nitrogen and oxygen atoms in total. The molecule has 0 unspecified atom stereocenters. The summed E-state index contributed by atoms with van der Waals surface area (Å²) in [7, 11) is 0. The number of halogens is 1. The van der Waals surface area contributed by atoms with Crippen LogP contribution >= 0.6 is 0 Å². The second-order valence-electron chi connectivity index (χ2n) is 10.3. The highest BCUT2D eigenvalue weighted by molar-refractivity contribution is 5.99. The lowest BCUT2D eigenvalue weighted by Gasteiger charge is -2.15. The van der Waals surface area contributed by atoms with Gasteiger partial charge < -0.3 is 15.0 Å². The lowest BCUT2D eigenvalue weighted by atomic mass is 10.0. The highest BCUT2D eigenvalue weighted by atomic mass is 19.1. The molecule has 1 saturated heterocycles. The summed E-state index contributed by atoms with van der Waals surface area (Å²) in [5, 5.41) is 12.8. The number of nitrogens with zero attached hydrogens (tertiary/aromatic N) is 4. The number of fused-ring (bicyclic) bond motifs is 2. The molecule has 3 N–H and O–H groups in total. The molecule has 0 spiro atoms. The van der Waals surface area contributed by atoms with E-state index in [-0.39, 0.29) is 5.82 Å². The van der Waals surface area contributed by atoms with Gasteiger partial charge in [-0.3, -0.25) is 15.0 Å². The summed E-state index contributed by atoms with van der Waals surface area (Å²) in [4.78, 5) is 15.1. The minimum atomic E-state index is -0.344. The second kappa shape index (κ2) is 10.2. The van der Waals surface area contributed by atoms with Crippen LogP contribution in [0.2, 0.25) is 0 Å². The average Bonchev–Trinajstić information content (AvgIpc) is 3.72. The van der Waals surface area contributed by atoms with Crippen molar-refractivity contribution < 1.29 is 9.13 Å². The van der Waals surface area contributed by atoms with Crippen molar-refractivity contribution in [3.8, 4) is 28.4 Å². The third-order valence-corrected chi connectivity index (χ3v) is 7.68. The molecule has 198 valence electrons. The lowest BCUT2D eigenvalue weighted by molar-refractivity contribution is 0.237. The van der Waals surface area contributed by atoms with Gasteiger partial charge in [0.1, 0.15) is 18.2 Å². The molecule has 0 amide bonds. The van der Waals surface area contributed by atoms with E-state index in [2.05, 4.69) is 47.5 Å². The van der Waals surface area contributed by atoms with Crippen LogP contribution in [0.5, 0.6) is 5.75 Å². The molecule has 0 saturated carbocycles. The fourth-order valence-corrected chi connectivity index (χ4v) is 5.67. The quantitative estimate of drug-likeness (QED) is 0.273. The van der Waals surface area contributed by atoms with Crippen LogP contribution in [-0.2, 0) is 0 Å². The number of hydrogen-bond acceptors (Lipinski definition) is 6. The number of rotatable bonds is 7. The minimum Gasteiger partial charge on any atom is -0.492 e. The number of H-pyrrole nitrogens is 2. The maximum Gasteiger partial charge on any atom is 0.181 e. The van der Waals surface area contributed by atoms with E-state index in [1.165, 1.54) is 30.5 Å². The Morgan fingerprint density at radius 3 is 2.79 bits per heavy atom. The molecule has 2 aliphatic rings. The third kappa shape index (κ3) is 4.79. The average molecular weight is 524 g/mol. The monoisotopic (exact) mass is 523 g/mol. The Morgan fingerprint density at radius 2 is 1.92 bits per heavy atom. The SMILES string of the molecule is Fc1cc(OCCN2CCCC2)cc(-c2nccc3[nH]c(-c4[nH]nc5ncc(C6=CCNCC6)cc45)cc23)c1. The van der Waals surface area contributed by atoms with Crippen molar-refractivity contribution in [3.63, 3.8) is 0 Å². The molecule has 1 aromatic carbocycles. The maximum atomic E-state index is 14.7. The zero-order valence-corrected chi connectivity index (χ0v) is 21.6. The fraction of sp³-hybridized carbons (Fsp3) is 0.300. The summed E-state index contributed by atoms with van der Waals surface area (Å²) in [5.41, 5.74) is 7.09. The van der Waals surface area contributed by atoms with Gasteiger partial charge in [-0.2, -0.15) is 5.10 Å². The van der Waals surface area contributed by atoms with Crippen molar-refractivity contribution in [3.05, 3.63) is 66.2 Å². The molecule has 39 heavy (non-hydrogen) atoms. The van der Waals surface area contributed by atoms with E-state index in [0.29, 0.717) is 29.3 Å². The van der Waals surface area contributed by atoms with Gasteiger partial charge in [0, 0.05) is 53.4 Å². The summed E-state index contributed by atoms with van der Waals surface area (Å²) >= 11 is 0. The molecule has 1 fully saturated rings. The largest absolute Gasteiger partial charge is 0.492 e. The number of pyridine rings is 2. The van der Waals surface area contributed by atoms with Gasteiger partial charge in [0.25, 0.3) is 0 Å². The van der Waals surface area contributed by atoms with Crippen LogP contribution < -0.4 is 10.1 Å². The zero-order chi connectivity index (χ0) is 26.2. The van der Waals surface area contributed by atoms with Crippen LogP contribution in [0.1, 0.15) is 24.8 Å². The predicted molar refractivity (Wildman–Crippen MR) is 151 cm³/mol. The molecule has 0 radical (unpaired) electrons. The Bertz CT molecular complexity index is 1680. The molecule has 0 bridgehead atoms. The first kappa shape index (κ1) is 24.0. The van der Waals surface area contributed by atoms with Gasteiger partial charge in [-0.05, 0) is 80.4 Å². The van der Waals surface area contributed by atoms with Gasteiger partial charge >= 0.3 is 0 Å². The smallest absolute Gasteiger partial charge is 0.181 e. The van der Waals surface area contributed by atoms with Crippen molar-refractivity contribution in [2.24, 2.45) is 0 Å². The van der Waals surface area contributed by atoms with Crippen molar-refractivity contribution >= 4 is 27.5 Å². The van der Waals surface area contributed by atoms with E-state index in [0.717, 1.165) is 72.4 Å². The van der Waals surface area contributed by atoms with Gasteiger partial charge in [0.2, 0.25) is 0 Å². The molecule has 5 aromatic rings. The fourth-order valence-electron chi connectivity index (χ4n) is 5.67. The summed E-state index contributed by atoms with van der Waals surface area (Å²) < 4.78 is 20.6. The van der Waals surface area contributed by atoms with Gasteiger partial charge in [-0.25, -0.2) is 9.37 Å². The summed E-state index contributed by atoms with van der Waals surface area (Å²) in [6.45, 7) is 5.43. The Hall–Kier alpha value is -4.08. The van der Waals surface area contributed by atoms with Gasteiger partial charge in [0.05, 0.1) is 17.1 Å². The molecule has 4 aromatic heterocycles. The zero-order valence-electron chi connectivity index (χ0n) is 21.6. The molecule has 2 aliphatic heterocycles. The van der Waals surface area contributed by atoms with Crippen LogP contribution in [0, 0.1) is 5.82 Å². The highest BCUT2D eigenvalue weighted by Gasteiger charge is 2.17. The Balaban J connectivity index is 1.22. The van der Waals surface area contributed by atoms with Crippen LogP contribution in [0.15, 0.2) is 54.9 Å². The predicted octanol–water partition coefficient (Wildman–Crippen LogP) is 5.16. The highest BCUT2D eigenvalue weighted by Crippen LogP contribution is 2.35. The van der Waals surface area contributed by atoms with Crippen molar-refractivity contribution in [1.82, 2.24) is 35.4 Å². The molecule has 6 heterocycles. The summed E-state index contributed by atoms with van der Waals surface area (Å²) in [6, 6.07) is 10.9. The third-order valence-electron chi connectivity index (χ3n) is 7.68. The first-order chi connectivity index (χ1) is 19.2. The molecule has 0 aliphatic carbocycles. The Morgan fingerprint density at radius 1 is 1.00 bits per heavy atom. The standard InChI is InChI=1S/C30H30FN7O/c31-22-13-20(14-23(16-22)39-12-11-38-9-1-2-10-38)28-24-17-27(35-26(24)5-8-33-28)29-25-15-21(18-34-30(25)37-36-29)19-3-6-32-7-4-19/h3,5,8,13-18,32,35H,1-2,4,6-7,9-12H2,(H,34,36,37). The van der Waals surface area contributed by atoms with Crippen LogP contribution in [0.4, 0.5) is 4.39 Å². The number of nitrogens with one attached hydrogen (secondary N) is 3. The van der Waals surface area contributed by atoms with Crippen LogP contribution in [0.25, 0.3) is 50.2 Å². The number of aromatic amines is 2. The van der Waals surface area contributed by atoms with Gasteiger partial charge in [-0.15, -0.1) is 0 Å². The summed E-state index contributed by atoms with van der Waals surface area (Å²) in [5.74, 6) is 0.174. The Labute approximate surface area is 225 Å². The first-order valence-corrected chi connectivity index (χ1v) is 13.6. The number of hydrogen-bond donors (Lipinski definition) is 3. The Kier molecular flexibility index (Phi) is 6.30. The number of aromatic nitrogens is 5. The van der Waals surface area contributed by atoms with Crippen molar-refractivity contribution in [2.75, 3.05) is 39.3 Å². The second-order valence-corrected chi connectivity index (χ2v) is 10.3. The minimum absolute atomic E-state index is 0.344. The van der Waals surface area contributed by atoms with Crippen LogP contribution in [-0.4, -0.2) is 69.4 Å². The normalized spacial score (nSPS) is 16.3. The van der Waals surface area contributed by atoms with Crippen molar-refractivity contribution in [1.29, 1.82) is 0 Å². The van der Waals surface area contributed by atoms with E-state index in [1.807, 2.05) is 24.4 Å². The molecule has 0 atom stereocenters. The maximum absolute atomic E-state index is 14.7. The van der Waals surface area contributed by atoms with Crippen molar-refractivity contribution in [2.45, 2.75) is 19.3 Å².